The molecule has 1 nitrogen and oxygen atoms in total. The molecule has 0 unspecified atom stereocenters. The highest BCUT2D eigenvalue weighted by Gasteiger charge is 2.29. The maximum atomic E-state index is 5.67. The maximum absolute atomic E-state index is 5.67. The second-order valence-electron chi connectivity index (χ2n) is 1.71. The van der Waals surface area contributed by atoms with E-state index in [4.69, 9.17) is 33.2 Å². The first-order chi connectivity index (χ1) is 4.61. The summed E-state index contributed by atoms with van der Waals surface area (Å²) in [6.45, 7) is 0. The Labute approximate surface area is 74.1 Å². The Morgan fingerprint density at radius 3 is 2.20 bits per heavy atom. The first kappa shape index (κ1) is 8.33. The van der Waals surface area contributed by atoms with Gasteiger partial charge in [-0.15, -0.1) is 33.2 Å². The van der Waals surface area contributed by atoms with Crippen molar-refractivity contribution in [1.29, 1.82) is 0 Å². The zero-order chi connectivity index (χ0) is 7.61. The molecule has 0 fully saturated rings. The first-order valence-electron chi connectivity index (χ1n) is 2.59. The molecule has 1 rings (SSSR count). The molecule has 10 heavy (non-hydrogen) atoms. The van der Waals surface area contributed by atoms with E-state index in [0.29, 0.717) is 5.32 Å². The summed E-state index contributed by atoms with van der Waals surface area (Å²) in [5.74, 6) is 0. The van der Waals surface area contributed by atoms with Crippen molar-refractivity contribution in [1.82, 2.24) is 4.98 Å². The van der Waals surface area contributed by atoms with Gasteiger partial charge < -0.3 is 0 Å². The Hall–Kier alpha value is 0.237. The summed E-state index contributed by atoms with van der Waals surface area (Å²) in [6, 6.07) is 2.58. The van der Waals surface area contributed by atoms with Gasteiger partial charge in [0.2, 0.25) is 0 Å². The molecule has 1 heterocycles. The number of aromatic nitrogens is 1. The minimum absolute atomic E-state index is 0.583. The van der Waals surface area contributed by atoms with Gasteiger partial charge in [-0.05, 0) is 12.1 Å². The highest BCUT2D eigenvalue weighted by atomic mass is 35.8. The zero-order valence-corrected chi connectivity index (χ0v) is 8.16. The van der Waals surface area contributed by atoms with Crippen molar-refractivity contribution in [2.75, 3.05) is 0 Å². The Morgan fingerprint density at radius 1 is 1.20 bits per heavy atom. The van der Waals surface area contributed by atoms with E-state index in [1.54, 1.807) is 24.4 Å². The van der Waals surface area contributed by atoms with Crippen LogP contribution < -0.4 is 5.32 Å². The van der Waals surface area contributed by atoms with E-state index in [1.165, 1.54) is 0 Å². The number of nitrogens with zero attached hydrogens (tertiary/aromatic N) is 1. The molecule has 0 aromatic carbocycles. The highest BCUT2D eigenvalue weighted by Crippen LogP contribution is 2.17. The molecule has 0 saturated carbocycles. The van der Waals surface area contributed by atoms with E-state index >= 15 is 0 Å². The summed E-state index contributed by atoms with van der Waals surface area (Å²) in [7, 11) is 0. The van der Waals surface area contributed by atoms with Crippen molar-refractivity contribution < 1.29 is 0 Å². The predicted octanol–water partition coefficient (Wildman–Crippen LogP) is 1.94. The summed E-state index contributed by atoms with van der Waals surface area (Å²) in [6.07, 6.45) is 1.62. The van der Waals surface area contributed by atoms with Gasteiger partial charge in [-0.2, -0.15) is 0 Å². The number of hydrogen-bond donors (Lipinski definition) is 0. The third-order valence-electron chi connectivity index (χ3n) is 0.955. The second kappa shape index (κ2) is 3.09. The van der Waals surface area contributed by atoms with Gasteiger partial charge in [-0.25, -0.2) is 0 Å². The lowest BCUT2D eigenvalue weighted by Crippen LogP contribution is -2.32. The Morgan fingerprint density at radius 2 is 1.90 bits per heavy atom. The molecule has 0 aliphatic rings. The molecule has 54 valence electrons. The van der Waals surface area contributed by atoms with Crippen molar-refractivity contribution in [2.24, 2.45) is 0 Å². The molecule has 0 bridgehead atoms. The van der Waals surface area contributed by atoms with Gasteiger partial charge in [-0.3, -0.25) is 4.98 Å². The predicted molar refractivity (Wildman–Crippen MR) is 47.2 cm³/mol. The van der Waals surface area contributed by atoms with E-state index < -0.39 is 6.00 Å². The molecule has 0 N–H and O–H groups in total. The summed E-state index contributed by atoms with van der Waals surface area (Å²) in [5, 5.41) is 0.583. The van der Waals surface area contributed by atoms with Gasteiger partial charge in [0.05, 0.1) is 5.32 Å². The van der Waals surface area contributed by atoms with Crippen LogP contribution >= 0.6 is 33.2 Å². The van der Waals surface area contributed by atoms with E-state index in [0.717, 1.165) is 0 Å². The maximum Gasteiger partial charge on any atom is 0.391 e. The minimum atomic E-state index is -2.73. The lowest BCUT2D eigenvalue weighted by Gasteiger charge is -2.04. The van der Waals surface area contributed by atoms with Crippen LogP contribution in [0.15, 0.2) is 24.4 Å². The Balaban J connectivity index is 2.97. The van der Waals surface area contributed by atoms with Gasteiger partial charge in [0, 0.05) is 6.20 Å². The third kappa shape index (κ3) is 2.13. The van der Waals surface area contributed by atoms with Gasteiger partial charge >= 0.3 is 6.00 Å². The van der Waals surface area contributed by atoms with Crippen LogP contribution in [0.1, 0.15) is 0 Å². The molecule has 1 aromatic heterocycles. The van der Waals surface area contributed by atoms with Crippen molar-refractivity contribution in [3.63, 3.8) is 0 Å². The molecule has 0 spiro atoms. The van der Waals surface area contributed by atoms with Crippen LogP contribution in [0.5, 0.6) is 0 Å². The fourth-order valence-electron chi connectivity index (χ4n) is 0.530. The Kier molecular flexibility index (Phi) is 2.58. The standard InChI is InChI=1S/C5H4Cl3NSi/c6-10(7,8)5-3-1-2-4-9-5/h1-4H. The second-order valence-corrected chi connectivity index (χ2v) is 10.1. The topological polar surface area (TPSA) is 12.9 Å². The summed E-state index contributed by atoms with van der Waals surface area (Å²) >= 11 is 17.0. The Bertz CT molecular complexity index is 208. The average molecular weight is 213 g/mol. The van der Waals surface area contributed by atoms with E-state index in [-0.39, 0.29) is 0 Å². The SMILES string of the molecule is Cl[Si](Cl)(Cl)c1ccccn1. The number of halogens is 3. The number of rotatable bonds is 1. The lowest BCUT2D eigenvalue weighted by atomic mass is 10.5. The van der Waals surface area contributed by atoms with Crippen molar-refractivity contribution in [3.8, 4) is 0 Å². The molecule has 0 saturated heterocycles. The summed E-state index contributed by atoms with van der Waals surface area (Å²) in [5.41, 5.74) is 0. The normalized spacial score (nSPS) is 11.5. The molecule has 0 aliphatic heterocycles. The molecule has 0 radical (unpaired) electrons. The minimum Gasteiger partial charge on any atom is -0.262 e. The zero-order valence-electron chi connectivity index (χ0n) is 4.89. The highest BCUT2D eigenvalue weighted by molar-refractivity contribution is 7.69. The average Bonchev–Trinajstić information content (AvgIpc) is 1.88. The third-order valence-corrected chi connectivity index (χ3v) is 3.57. The lowest BCUT2D eigenvalue weighted by molar-refractivity contribution is 1.39. The molecule has 1 aromatic rings. The quantitative estimate of drug-likeness (QED) is 0.512. The van der Waals surface area contributed by atoms with Crippen LogP contribution in [-0.4, -0.2) is 11.0 Å². The summed E-state index contributed by atoms with van der Waals surface area (Å²) < 4.78 is 0. The van der Waals surface area contributed by atoms with Crippen LogP contribution in [-0.2, 0) is 0 Å². The van der Waals surface area contributed by atoms with Gasteiger partial charge in [0.25, 0.3) is 0 Å². The number of pyridine rings is 1. The summed E-state index contributed by atoms with van der Waals surface area (Å²) in [4.78, 5) is 3.92. The van der Waals surface area contributed by atoms with Gasteiger partial charge in [0.15, 0.2) is 0 Å². The van der Waals surface area contributed by atoms with Crippen LogP contribution in [0.4, 0.5) is 0 Å². The van der Waals surface area contributed by atoms with E-state index in [1.807, 2.05) is 0 Å². The van der Waals surface area contributed by atoms with Gasteiger partial charge in [0.1, 0.15) is 0 Å². The van der Waals surface area contributed by atoms with Crippen LogP contribution in [0.25, 0.3) is 0 Å². The molecule has 0 atom stereocenters. The van der Waals surface area contributed by atoms with Gasteiger partial charge in [-0.1, -0.05) is 6.07 Å². The largest absolute Gasteiger partial charge is 0.391 e. The monoisotopic (exact) mass is 211 g/mol. The number of hydrogen-bond acceptors (Lipinski definition) is 1. The van der Waals surface area contributed by atoms with Crippen LogP contribution in [0.2, 0.25) is 0 Å². The fraction of sp³-hybridized carbons (Fsp3) is 0. The van der Waals surface area contributed by atoms with Crippen LogP contribution in [0.3, 0.4) is 0 Å². The van der Waals surface area contributed by atoms with Crippen molar-refractivity contribution in [2.45, 2.75) is 0 Å². The molecule has 5 heteroatoms. The van der Waals surface area contributed by atoms with E-state index in [2.05, 4.69) is 4.98 Å². The molecular formula is C5H4Cl3NSi. The molecular weight excluding hydrogens is 209 g/mol. The van der Waals surface area contributed by atoms with Crippen LogP contribution in [0, 0.1) is 0 Å². The fourth-order valence-corrected chi connectivity index (χ4v) is 2.04. The molecule has 0 amide bonds. The molecule has 0 aliphatic carbocycles. The van der Waals surface area contributed by atoms with Crippen molar-refractivity contribution >= 4 is 44.6 Å². The first-order valence-corrected chi connectivity index (χ1v) is 7.62. The smallest absolute Gasteiger partial charge is 0.262 e. The van der Waals surface area contributed by atoms with Crippen molar-refractivity contribution in [3.05, 3.63) is 24.4 Å². The van der Waals surface area contributed by atoms with E-state index in [9.17, 15) is 0 Å².